The van der Waals surface area contributed by atoms with Crippen molar-refractivity contribution in [3.05, 3.63) is 39.7 Å². The minimum absolute atomic E-state index is 0.0452. The van der Waals surface area contributed by atoms with Gasteiger partial charge in [-0.1, -0.05) is 0 Å². The van der Waals surface area contributed by atoms with Crippen LogP contribution in [0.3, 0.4) is 0 Å². The van der Waals surface area contributed by atoms with Gasteiger partial charge in [-0.05, 0) is 25.0 Å². The number of aromatic nitrogens is 3. The Kier molecular flexibility index (Phi) is 4.58. The van der Waals surface area contributed by atoms with E-state index in [2.05, 4.69) is 15.7 Å². The summed E-state index contributed by atoms with van der Waals surface area (Å²) in [7, 11) is 3.44. The first kappa shape index (κ1) is 19.4. The third-order valence-corrected chi connectivity index (χ3v) is 6.08. The number of imide groups is 1. The first-order valence-corrected chi connectivity index (χ1v) is 10.8. The molecule has 3 aromatic rings. The summed E-state index contributed by atoms with van der Waals surface area (Å²) in [5.41, 5.74) is 3.16. The molecule has 1 saturated heterocycles. The lowest BCUT2D eigenvalue weighted by Crippen LogP contribution is -2.20. The van der Waals surface area contributed by atoms with Gasteiger partial charge in [-0.2, -0.15) is 9.61 Å². The van der Waals surface area contributed by atoms with Crippen LogP contribution in [0.4, 0.5) is 5.82 Å². The molecule has 2 N–H and O–H groups in total. The fourth-order valence-electron chi connectivity index (χ4n) is 3.38. The highest BCUT2D eigenvalue weighted by Gasteiger charge is 2.26. The molecule has 31 heavy (non-hydrogen) atoms. The van der Waals surface area contributed by atoms with E-state index in [1.54, 1.807) is 35.8 Å². The van der Waals surface area contributed by atoms with Gasteiger partial charge in [0.1, 0.15) is 5.82 Å². The highest BCUT2D eigenvalue weighted by molar-refractivity contribution is 7.12. The second-order valence-electron chi connectivity index (χ2n) is 7.90. The summed E-state index contributed by atoms with van der Waals surface area (Å²) in [6.45, 7) is 0. The molecule has 2 aliphatic rings. The predicted octanol–water partition coefficient (Wildman–Crippen LogP) is 2.16. The van der Waals surface area contributed by atoms with Gasteiger partial charge in [0.05, 0.1) is 23.2 Å². The van der Waals surface area contributed by atoms with Gasteiger partial charge in [0.15, 0.2) is 5.65 Å². The Hall–Kier alpha value is -3.53. The first-order valence-electron chi connectivity index (χ1n) is 9.89. The van der Waals surface area contributed by atoms with Crippen molar-refractivity contribution >= 4 is 46.6 Å². The molecule has 9 nitrogen and oxygen atoms in total. The maximum Gasteiger partial charge on any atom is 0.263 e. The molecule has 2 fully saturated rings. The molecule has 3 amide bonds. The fourth-order valence-corrected chi connectivity index (χ4v) is 4.30. The molecule has 4 heterocycles. The smallest absolute Gasteiger partial charge is 0.263 e. The average molecular weight is 436 g/mol. The van der Waals surface area contributed by atoms with Crippen molar-refractivity contribution in [2.24, 2.45) is 0 Å². The third-order valence-electron chi connectivity index (χ3n) is 5.17. The highest BCUT2D eigenvalue weighted by Crippen LogP contribution is 2.31. The molecular formula is C21H20N6O3S. The van der Waals surface area contributed by atoms with Crippen molar-refractivity contribution in [2.45, 2.75) is 25.3 Å². The Labute approximate surface area is 181 Å². The Balaban J connectivity index is 1.60. The van der Waals surface area contributed by atoms with Gasteiger partial charge in [-0.3, -0.25) is 19.7 Å². The van der Waals surface area contributed by atoms with Crippen molar-refractivity contribution in [3.63, 3.8) is 0 Å². The molecule has 0 radical (unpaired) electrons. The largest absolute Gasteiger partial charge is 0.367 e. The van der Waals surface area contributed by atoms with Crippen LogP contribution in [0.5, 0.6) is 0 Å². The topological polar surface area (TPSA) is 109 Å². The molecule has 5 rings (SSSR count). The van der Waals surface area contributed by atoms with Gasteiger partial charge in [-0.15, -0.1) is 11.3 Å². The molecule has 158 valence electrons. The maximum absolute atomic E-state index is 12.3. The van der Waals surface area contributed by atoms with Crippen LogP contribution in [-0.2, 0) is 9.59 Å². The van der Waals surface area contributed by atoms with Gasteiger partial charge >= 0.3 is 0 Å². The monoisotopic (exact) mass is 436 g/mol. The molecule has 0 atom stereocenters. The van der Waals surface area contributed by atoms with E-state index < -0.39 is 0 Å². The van der Waals surface area contributed by atoms with Crippen LogP contribution in [0.2, 0.25) is 0 Å². The molecule has 0 unspecified atom stereocenters. The fraction of sp³-hybridized carbons (Fsp3) is 0.286. The average Bonchev–Trinajstić information content (AvgIpc) is 3.12. The Morgan fingerprint density at radius 2 is 2.13 bits per heavy atom. The zero-order valence-corrected chi connectivity index (χ0v) is 17.8. The Morgan fingerprint density at radius 1 is 1.32 bits per heavy atom. The van der Waals surface area contributed by atoms with E-state index in [0.29, 0.717) is 33.4 Å². The number of hydrogen-bond donors (Lipinski definition) is 2. The normalized spacial score (nSPS) is 17.4. The summed E-state index contributed by atoms with van der Waals surface area (Å²) < 4.78 is 1.71. The predicted molar refractivity (Wildman–Crippen MR) is 117 cm³/mol. The molecule has 1 aliphatic carbocycles. The van der Waals surface area contributed by atoms with Crippen LogP contribution in [0.1, 0.15) is 34.5 Å². The second-order valence-corrected chi connectivity index (χ2v) is 8.81. The van der Waals surface area contributed by atoms with Gasteiger partial charge in [0.2, 0.25) is 5.91 Å². The molecule has 1 aliphatic heterocycles. The van der Waals surface area contributed by atoms with Crippen LogP contribution >= 0.6 is 11.3 Å². The number of thiophene rings is 1. The molecular weight excluding hydrogens is 416 g/mol. The number of hydrogen-bond acceptors (Lipinski definition) is 7. The van der Waals surface area contributed by atoms with E-state index in [4.69, 9.17) is 4.98 Å². The number of nitrogens with zero attached hydrogens (tertiary/aromatic N) is 4. The van der Waals surface area contributed by atoms with E-state index in [-0.39, 0.29) is 24.1 Å². The minimum atomic E-state index is -0.387. The van der Waals surface area contributed by atoms with Crippen LogP contribution in [0, 0.1) is 0 Å². The van der Waals surface area contributed by atoms with Crippen molar-refractivity contribution in [2.75, 3.05) is 19.4 Å². The lowest BCUT2D eigenvalue weighted by molar-refractivity contribution is -0.124. The zero-order chi connectivity index (χ0) is 21.7. The SMILES string of the molecule is CN(C)C(=O)c1cc(-c2cc(NC3CC3)n3ncc(/C=C4\CC(=O)NC4=O)c3n2)cs1. The number of carbonyl (C=O) groups is 3. The van der Waals surface area contributed by atoms with Crippen molar-refractivity contribution in [3.8, 4) is 11.3 Å². The standard InChI is InChI=1S/C21H20N6O3S/c1-26(2)21(30)16-6-13(10-31-16)15-8-17(23-14-3-4-14)27-19(24-15)12(9-22-27)5-11-7-18(28)25-20(11)29/h5-6,8-10,14,23H,3-4,7H2,1-2H3,(H,25,28,29)/b11-5+. The molecule has 0 bridgehead atoms. The van der Waals surface area contributed by atoms with E-state index in [9.17, 15) is 14.4 Å². The van der Waals surface area contributed by atoms with Gasteiger partial charge in [-0.25, -0.2) is 4.98 Å². The van der Waals surface area contributed by atoms with Crippen LogP contribution in [0.25, 0.3) is 23.0 Å². The van der Waals surface area contributed by atoms with Gasteiger partial charge in [0, 0.05) is 48.3 Å². The third kappa shape index (κ3) is 3.70. The summed E-state index contributed by atoms with van der Waals surface area (Å²) in [6, 6.07) is 4.16. The number of fused-ring (bicyclic) bond motifs is 1. The lowest BCUT2D eigenvalue weighted by Gasteiger charge is -2.10. The van der Waals surface area contributed by atoms with Crippen LogP contribution < -0.4 is 10.6 Å². The summed E-state index contributed by atoms with van der Waals surface area (Å²) in [4.78, 5) is 42.8. The summed E-state index contributed by atoms with van der Waals surface area (Å²) in [6.07, 6.45) is 5.54. The van der Waals surface area contributed by atoms with E-state index >= 15 is 0 Å². The molecule has 0 spiro atoms. The number of carbonyl (C=O) groups excluding carboxylic acids is 3. The van der Waals surface area contributed by atoms with Gasteiger partial charge in [0.25, 0.3) is 11.8 Å². The first-order chi connectivity index (χ1) is 14.9. The number of anilines is 1. The van der Waals surface area contributed by atoms with Crippen molar-refractivity contribution in [1.29, 1.82) is 0 Å². The summed E-state index contributed by atoms with van der Waals surface area (Å²) in [5, 5.41) is 12.1. The van der Waals surface area contributed by atoms with Crippen LogP contribution in [-0.4, -0.2) is 57.4 Å². The minimum Gasteiger partial charge on any atom is -0.367 e. The van der Waals surface area contributed by atoms with Crippen molar-refractivity contribution < 1.29 is 14.4 Å². The highest BCUT2D eigenvalue weighted by atomic mass is 32.1. The van der Waals surface area contributed by atoms with E-state index in [1.165, 1.54) is 11.3 Å². The molecule has 3 aromatic heterocycles. The molecule has 1 saturated carbocycles. The van der Waals surface area contributed by atoms with Gasteiger partial charge < -0.3 is 10.2 Å². The quantitative estimate of drug-likeness (QED) is 0.469. The maximum atomic E-state index is 12.3. The molecule has 10 heteroatoms. The summed E-state index contributed by atoms with van der Waals surface area (Å²) in [5.74, 6) is 0.0430. The number of nitrogens with one attached hydrogen (secondary N) is 2. The van der Waals surface area contributed by atoms with E-state index in [0.717, 1.165) is 24.2 Å². The Bertz CT molecular complexity index is 1270. The second kappa shape index (κ2) is 7.31. The number of amides is 3. The van der Waals surface area contributed by atoms with Crippen molar-refractivity contribution in [1.82, 2.24) is 24.8 Å². The lowest BCUT2D eigenvalue weighted by atomic mass is 10.1. The van der Waals surface area contributed by atoms with Crippen LogP contribution in [0.15, 0.2) is 29.3 Å². The molecule has 0 aromatic carbocycles. The Morgan fingerprint density at radius 3 is 2.81 bits per heavy atom. The zero-order valence-electron chi connectivity index (χ0n) is 17.0. The van der Waals surface area contributed by atoms with E-state index in [1.807, 2.05) is 17.5 Å². The number of rotatable bonds is 5. The summed E-state index contributed by atoms with van der Waals surface area (Å²) >= 11 is 1.37.